The molecule has 1 saturated heterocycles. The van der Waals surface area contributed by atoms with Crippen molar-refractivity contribution in [1.82, 2.24) is 14.8 Å². The molecule has 0 aliphatic carbocycles. The van der Waals surface area contributed by atoms with Crippen molar-refractivity contribution in [1.29, 1.82) is 0 Å². The molecule has 0 unspecified atom stereocenters. The smallest absolute Gasteiger partial charge is 0.266 e. The number of nitrogens with zero attached hydrogens (tertiary/aromatic N) is 3. The van der Waals surface area contributed by atoms with E-state index in [0.29, 0.717) is 30.9 Å². The van der Waals surface area contributed by atoms with Gasteiger partial charge in [-0.2, -0.15) is 0 Å². The van der Waals surface area contributed by atoms with Gasteiger partial charge in [-0.25, -0.2) is 4.98 Å². The van der Waals surface area contributed by atoms with Crippen LogP contribution in [0.3, 0.4) is 0 Å². The van der Waals surface area contributed by atoms with Crippen molar-refractivity contribution >= 4 is 28.3 Å². The minimum absolute atomic E-state index is 0.0150. The fraction of sp³-hybridized carbons (Fsp3) is 0.450. The number of carbonyl (C=O) groups is 2. The van der Waals surface area contributed by atoms with Crippen molar-refractivity contribution in [3.63, 3.8) is 0 Å². The second-order valence-corrected chi connectivity index (χ2v) is 7.75. The fourth-order valence-corrected chi connectivity index (χ4v) is 4.29. The highest BCUT2D eigenvalue weighted by Gasteiger charge is 2.32. The summed E-state index contributed by atoms with van der Waals surface area (Å²) in [5.74, 6) is 0.0808. The Morgan fingerprint density at radius 3 is 2.70 bits per heavy atom. The summed E-state index contributed by atoms with van der Waals surface area (Å²) in [7, 11) is 1.80. The quantitative estimate of drug-likeness (QED) is 0.857. The average Bonchev–Trinajstić information content (AvgIpc) is 2.99. The number of benzene rings is 1. The molecule has 2 amide bonds. The fourth-order valence-electron chi connectivity index (χ4n) is 3.40. The van der Waals surface area contributed by atoms with E-state index in [4.69, 9.17) is 0 Å². The second-order valence-electron chi connectivity index (χ2n) is 6.75. The number of rotatable bonds is 5. The molecular weight excluding hydrogens is 360 g/mol. The third-order valence-corrected chi connectivity index (χ3v) is 6.11. The number of hydrogen-bond donors (Lipinski definition) is 1. The highest BCUT2D eigenvalue weighted by Crippen LogP contribution is 2.25. The molecule has 2 aromatic rings. The van der Waals surface area contributed by atoms with Gasteiger partial charge in [0.15, 0.2) is 5.13 Å². The highest BCUT2D eigenvalue weighted by molar-refractivity contribution is 7.17. The van der Waals surface area contributed by atoms with Gasteiger partial charge in [0.2, 0.25) is 5.91 Å². The lowest BCUT2D eigenvalue weighted by Gasteiger charge is -2.31. The molecule has 0 spiro atoms. The third kappa shape index (κ3) is 4.30. The monoisotopic (exact) mass is 386 g/mol. The molecule has 1 N–H and O–H groups in total. The summed E-state index contributed by atoms with van der Waals surface area (Å²) in [6.45, 7) is 5.52. The summed E-state index contributed by atoms with van der Waals surface area (Å²) in [4.78, 5) is 34.6. The highest BCUT2D eigenvalue weighted by atomic mass is 32.1. The van der Waals surface area contributed by atoms with Crippen LogP contribution in [0, 0.1) is 6.92 Å². The van der Waals surface area contributed by atoms with E-state index in [1.807, 2.05) is 47.1 Å². The normalized spacial score (nSPS) is 17.7. The zero-order valence-corrected chi connectivity index (χ0v) is 16.9. The largest absolute Gasteiger partial charge is 0.365 e. The lowest BCUT2D eigenvalue weighted by atomic mass is 10.1. The summed E-state index contributed by atoms with van der Waals surface area (Å²) in [5, 5.41) is 3.73. The van der Waals surface area contributed by atoms with Gasteiger partial charge in [-0.05, 0) is 18.9 Å². The minimum Gasteiger partial charge on any atom is -0.365 e. The molecule has 1 aromatic heterocycles. The Morgan fingerprint density at radius 1 is 1.33 bits per heavy atom. The van der Waals surface area contributed by atoms with Gasteiger partial charge in [0.25, 0.3) is 5.91 Å². The number of aryl methyl sites for hydroxylation is 1. The van der Waals surface area contributed by atoms with Crippen LogP contribution in [0.4, 0.5) is 5.13 Å². The molecule has 0 saturated carbocycles. The molecule has 1 fully saturated rings. The zero-order chi connectivity index (χ0) is 19.4. The van der Waals surface area contributed by atoms with Crippen LogP contribution in [0.25, 0.3) is 0 Å². The van der Waals surface area contributed by atoms with Crippen molar-refractivity contribution < 1.29 is 9.59 Å². The number of carbonyl (C=O) groups excluding carboxylic acids is 2. The van der Waals surface area contributed by atoms with Crippen LogP contribution in [0.5, 0.6) is 0 Å². The Labute approximate surface area is 164 Å². The van der Waals surface area contributed by atoms with Gasteiger partial charge in [-0.15, -0.1) is 0 Å². The van der Waals surface area contributed by atoms with Gasteiger partial charge in [-0.1, -0.05) is 48.6 Å². The Hall–Kier alpha value is -2.41. The third-order valence-electron chi connectivity index (χ3n) is 4.95. The summed E-state index contributed by atoms with van der Waals surface area (Å²) >= 11 is 1.37. The molecule has 2 heterocycles. The van der Waals surface area contributed by atoms with Gasteiger partial charge >= 0.3 is 0 Å². The van der Waals surface area contributed by atoms with Gasteiger partial charge in [0.05, 0.1) is 5.69 Å². The minimum atomic E-state index is -0.0284. The maximum absolute atomic E-state index is 13.1. The SMILES string of the molecule is CC[C@H]1CN(C(=O)c2sc(NC)nc2C)CCC(=O)N1Cc1ccccc1. The Bertz CT molecular complexity index is 806. The first-order valence-electron chi connectivity index (χ1n) is 9.31. The molecule has 27 heavy (non-hydrogen) atoms. The number of anilines is 1. The number of thiazole rings is 1. The number of aromatic nitrogens is 1. The van der Waals surface area contributed by atoms with Crippen molar-refractivity contribution in [3.8, 4) is 0 Å². The van der Waals surface area contributed by atoms with Crippen LogP contribution in [0.1, 0.15) is 40.7 Å². The van der Waals surface area contributed by atoms with Gasteiger partial charge < -0.3 is 15.1 Å². The van der Waals surface area contributed by atoms with Crippen LogP contribution in [0.15, 0.2) is 30.3 Å². The van der Waals surface area contributed by atoms with Crippen LogP contribution in [0.2, 0.25) is 0 Å². The molecule has 0 bridgehead atoms. The van der Waals surface area contributed by atoms with Gasteiger partial charge in [-0.3, -0.25) is 9.59 Å². The van der Waals surface area contributed by atoms with Crippen molar-refractivity contribution in [2.24, 2.45) is 0 Å². The molecule has 7 heteroatoms. The van der Waals surface area contributed by atoms with Crippen LogP contribution in [-0.4, -0.2) is 52.8 Å². The topological polar surface area (TPSA) is 65.5 Å². The molecule has 6 nitrogen and oxygen atoms in total. The van der Waals surface area contributed by atoms with E-state index in [1.54, 1.807) is 7.05 Å². The van der Waals surface area contributed by atoms with Crippen LogP contribution < -0.4 is 5.32 Å². The standard InChI is InChI=1S/C20H26N4O2S/c1-4-16-13-23(19(26)18-14(2)22-20(21-3)27-18)11-10-17(25)24(16)12-15-8-6-5-7-9-15/h5-9,16H,4,10-13H2,1-3H3,(H,21,22)/t16-/m0/s1. The molecule has 144 valence electrons. The van der Waals surface area contributed by atoms with E-state index in [1.165, 1.54) is 11.3 Å². The van der Waals surface area contributed by atoms with Crippen molar-refractivity contribution in [3.05, 3.63) is 46.5 Å². The maximum atomic E-state index is 13.1. The molecule has 1 atom stereocenters. The van der Waals surface area contributed by atoms with Crippen molar-refractivity contribution in [2.45, 2.75) is 39.3 Å². The predicted octanol–water partition coefficient (Wildman–Crippen LogP) is 3.15. The van der Waals surface area contributed by atoms with E-state index in [2.05, 4.69) is 17.2 Å². The van der Waals surface area contributed by atoms with Gasteiger partial charge in [0.1, 0.15) is 4.88 Å². The van der Waals surface area contributed by atoms with Crippen molar-refractivity contribution in [2.75, 3.05) is 25.5 Å². The van der Waals surface area contributed by atoms with Gasteiger partial charge in [0, 0.05) is 39.1 Å². The Balaban J connectivity index is 1.79. The maximum Gasteiger partial charge on any atom is 0.266 e. The molecular formula is C20H26N4O2S. The summed E-state index contributed by atoms with van der Waals surface area (Å²) in [6.07, 6.45) is 1.16. The number of nitrogens with one attached hydrogen (secondary N) is 1. The summed E-state index contributed by atoms with van der Waals surface area (Å²) in [5.41, 5.74) is 1.85. The molecule has 1 aromatic carbocycles. The average molecular weight is 387 g/mol. The van der Waals surface area contributed by atoms with E-state index in [-0.39, 0.29) is 17.9 Å². The second kappa shape index (κ2) is 8.52. The lowest BCUT2D eigenvalue weighted by molar-refractivity contribution is -0.133. The van der Waals surface area contributed by atoms with E-state index in [0.717, 1.165) is 22.8 Å². The lowest BCUT2D eigenvalue weighted by Crippen LogP contribution is -2.43. The first-order valence-corrected chi connectivity index (χ1v) is 10.1. The molecule has 0 radical (unpaired) electrons. The van der Waals surface area contributed by atoms with Crippen LogP contribution in [-0.2, 0) is 11.3 Å². The molecule has 1 aliphatic heterocycles. The Kier molecular flexibility index (Phi) is 6.11. The summed E-state index contributed by atoms with van der Waals surface area (Å²) in [6, 6.07) is 10.0. The molecule has 1 aliphatic rings. The first-order chi connectivity index (χ1) is 13.0. The van der Waals surface area contributed by atoms with E-state index in [9.17, 15) is 9.59 Å². The van der Waals surface area contributed by atoms with E-state index >= 15 is 0 Å². The number of hydrogen-bond acceptors (Lipinski definition) is 5. The summed E-state index contributed by atoms with van der Waals surface area (Å²) < 4.78 is 0. The van der Waals surface area contributed by atoms with E-state index < -0.39 is 0 Å². The molecule has 3 rings (SSSR count). The Morgan fingerprint density at radius 2 is 2.07 bits per heavy atom. The number of amides is 2. The van der Waals surface area contributed by atoms with Crippen LogP contribution >= 0.6 is 11.3 Å². The first kappa shape index (κ1) is 19.4. The predicted molar refractivity (Wildman–Crippen MR) is 108 cm³/mol. The zero-order valence-electron chi connectivity index (χ0n) is 16.1.